The second-order valence-corrected chi connectivity index (χ2v) is 4.85. The number of thioether (sulfide) groups is 1. The molecule has 1 aromatic carbocycles. The summed E-state index contributed by atoms with van der Waals surface area (Å²) in [5.74, 6) is 0. The molecule has 1 N–H and O–H groups in total. The number of benzene rings is 1. The van der Waals surface area contributed by atoms with Gasteiger partial charge in [0.2, 0.25) is 0 Å². The minimum absolute atomic E-state index is 0.0925. The van der Waals surface area contributed by atoms with Crippen LogP contribution in [0.4, 0.5) is 13.2 Å². The van der Waals surface area contributed by atoms with E-state index in [0.717, 1.165) is 18.5 Å². The fourth-order valence-corrected chi connectivity index (χ4v) is 1.92. The zero-order valence-corrected chi connectivity index (χ0v) is 10.9. The Labute approximate surface area is 109 Å². The van der Waals surface area contributed by atoms with Crippen molar-refractivity contribution in [3.05, 3.63) is 29.8 Å². The third-order valence-corrected chi connectivity index (χ3v) is 2.93. The van der Waals surface area contributed by atoms with Crippen LogP contribution < -0.4 is 5.32 Å². The Bertz CT molecular complexity index is 340. The largest absolute Gasteiger partial charge is 0.446 e. The smallest absolute Gasteiger partial charge is 0.385 e. The van der Waals surface area contributed by atoms with Crippen molar-refractivity contribution in [1.29, 1.82) is 0 Å². The van der Waals surface area contributed by atoms with Gasteiger partial charge in [-0.2, -0.15) is 13.2 Å². The molecule has 6 heteroatoms. The zero-order valence-electron chi connectivity index (χ0n) is 10.1. The van der Waals surface area contributed by atoms with E-state index in [1.807, 2.05) is 0 Å². The van der Waals surface area contributed by atoms with Crippen molar-refractivity contribution in [2.75, 3.05) is 20.3 Å². The zero-order chi connectivity index (χ0) is 13.4. The van der Waals surface area contributed by atoms with Crippen molar-refractivity contribution in [1.82, 2.24) is 5.32 Å². The number of rotatable bonds is 7. The van der Waals surface area contributed by atoms with Crippen molar-refractivity contribution in [2.45, 2.75) is 23.4 Å². The SMILES string of the molecule is COCCCNCc1ccc(SC(F)(F)F)cc1. The highest BCUT2D eigenvalue weighted by Crippen LogP contribution is 2.36. The second-order valence-electron chi connectivity index (χ2n) is 3.71. The third kappa shape index (κ3) is 6.88. The van der Waals surface area contributed by atoms with Crippen LogP contribution in [0.25, 0.3) is 0 Å². The van der Waals surface area contributed by atoms with E-state index in [0.29, 0.717) is 13.2 Å². The fourth-order valence-electron chi connectivity index (χ4n) is 1.38. The van der Waals surface area contributed by atoms with E-state index in [-0.39, 0.29) is 16.7 Å². The molecule has 0 radical (unpaired) electrons. The van der Waals surface area contributed by atoms with Crippen LogP contribution in [-0.2, 0) is 11.3 Å². The summed E-state index contributed by atoms with van der Waals surface area (Å²) in [6.45, 7) is 2.18. The van der Waals surface area contributed by atoms with Gasteiger partial charge in [0.1, 0.15) is 0 Å². The quantitative estimate of drug-likeness (QED) is 0.610. The predicted octanol–water partition coefficient (Wildman–Crippen LogP) is 3.42. The minimum Gasteiger partial charge on any atom is -0.385 e. The molecule has 2 nitrogen and oxygen atoms in total. The summed E-state index contributed by atoms with van der Waals surface area (Å²) in [6.07, 6.45) is 0.915. The number of ether oxygens (including phenoxy) is 1. The molecule has 1 rings (SSSR count). The number of halogens is 3. The van der Waals surface area contributed by atoms with Gasteiger partial charge in [0.25, 0.3) is 0 Å². The summed E-state index contributed by atoms with van der Waals surface area (Å²) in [6, 6.07) is 6.39. The Morgan fingerprint density at radius 2 is 1.89 bits per heavy atom. The van der Waals surface area contributed by atoms with Gasteiger partial charge in [-0.3, -0.25) is 0 Å². The first-order chi connectivity index (χ1) is 8.51. The van der Waals surface area contributed by atoms with E-state index in [2.05, 4.69) is 5.32 Å². The number of hydrogen-bond donors (Lipinski definition) is 1. The first-order valence-electron chi connectivity index (χ1n) is 5.55. The third-order valence-electron chi connectivity index (χ3n) is 2.19. The molecule has 0 saturated heterocycles. The molecule has 0 bridgehead atoms. The van der Waals surface area contributed by atoms with E-state index in [1.54, 1.807) is 19.2 Å². The van der Waals surface area contributed by atoms with Crippen LogP contribution in [0.2, 0.25) is 0 Å². The van der Waals surface area contributed by atoms with Gasteiger partial charge >= 0.3 is 5.51 Å². The number of nitrogens with one attached hydrogen (secondary N) is 1. The van der Waals surface area contributed by atoms with Gasteiger partial charge in [0.05, 0.1) is 0 Å². The van der Waals surface area contributed by atoms with Gasteiger partial charge in [0.15, 0.2) is 0 Å². The van der Waals surface area contributed by atoms with Crippen LogP contribution in [0.5, 0.6) is 0 Å². The van der Waals surface area contributed by atoms with Gasteiger partial charge in [-0.15, -0.1) is 0 Å². The monoisotopic (exact) mass is 279 g/mol. The van der Waals surface area contributed by atoms with E-state index in [4.69, 9.17) is 4.74 Å². The highest BCUT2D eigenvalue weighted by Gasteiger charge is 2.28. The predicted molar refractivity (Wildman–Crippen MR) is 66.6 cm³/mol. The lowest BCUT2D eigenvalue weighted by atomic mass is 10.2. The molecule has 0 atom stereocenters. The summed E-state index contributed by atoms with van der Waals surface area (Å²) >= 11 is -0.0925. The second kappa shape index (κ2) is 7.66. The van der Waals surface area contributed by atoms with Gasteiger partial charge in [-0.05, 0) is 42.4 Å². The van der Waals surface area contributed by atoms with Crippen LogP contribution in [0.15, 0.2) is 29.2 Å². The lowest BCUT2D eigenvalue weighted by molar-refractivity contribution is -0.0328. The van der Waals surface area contributed by atoms with Crippen LogP contribution in [0.1, 0.15) is 12.0 Å². The lowest BCUT2D eigenvalue weighted by Crippen LogP contribution is -2.16. The van der Waals surface area contributed by atoms with Crippen LogP contribution >= 0.6 is 11.8 Å². The molecule has 0 aromatic heterocycles. The van der Waals surface area contributed by atoms with Crippen molar-refractivity contribution >= 4 is 11.8 Å². The molecule has 0 aliphatic rings. The molecule has 0 spiro atoms. The van der Waals surface area contributed by atoms with E-state index >= 15 is 0 Å². The molecule has 18 heavy (non-hydrogen) atoms. The molecule has 0 aliphatic carbocycles. The summed E-state index contributed by atoms with van der Waals surface area (Å²) in [7, 11) is 1.65. The molecule has 0 unspecified atom stereocenters. The molecule has 0 fully saturated rings. The summed E-state index contributed by atoms with van der Waals surface area (Å²) in [4.78, 5) is 0.214. The van der Waals surface area contributed by atoms with Gasteiger partial charge in [-0.25, -0.2) is 0 Å². The van der Waals surface area contributed by atoms with Crippen molar-refractivity contribution in [2.24, 2.45) is 0 Å². The Balaban J connectivity index is 2.32. The molecule has 0 saturated carbocycles. The summed E-state index contributed by atoms with van der Waals surface area (Å²) < 4.78 is 41.2. The highest BCUT2D eigenvalue weighted by atomic mass is 32.2. The standard InChI is InChI=1S/C12H16F3NOS/c1-17-8-2-7-16-9-10-3-5-11(6-4-10)18-12(13,14)15/h3-6,16H,2,7-9H2,1H3. The van der Waals surface area contributed by atoms with Crippen LogP contribution in [-0.4, -0.2) is 25.8 Å². The maximum atomic E-state index is 12.1. The number of alkyl halides is 3. The lowest BCUT2D eigenvalue weighted by Gasteiger charge is -2.07. The normalized spacial score (nSPS) is 11.8. The average molecular weight is 279 g/mol. The molecular formula is C12H16F3NOS. The topological polar surface area (TPSA) is 21.3 Å². The average Bonchev–Trinajstić information content (AvgIpc) is 2.29. The number of hydrogen-bond acceptors (Lipinski definition) is 3. The molecule has 0 amide bonds. The Kier molecular flexibility index (Phi) is 6.52. The van der Waals surface area contributed by atoms with E-state index in [1.165, 1.54) is 12.1 Å². The van der Waals surface area contributed by atoms with Gasteiger partial charge in [-0.1, -0.05) is 12.1 Å². The molecule has 0 heterocycles. The highest BCUT2D eigenvalue weighted by molar-refractivity contribution is 8.00. The fraction of sp³-hybridized carbons (Fsp3) is 0.500. The maximum Gasteiger partial charge on any atom is 0.446 e. The van der Waals surface area contributed by atoms with Crippen LogP contribution in [0, 0.1) is 0 Å². The summed E-state index contributed by atoms with van der Waals surface area (Å²) in [5, 5.41) is 3.20. The van der Waals surface area contributed by atoms with Gasteiger partial charge < -0.3 is 10.1 Å². The van der Waals surface area contributed by atoms with Gasteiger partial charge in [0, 0.05) is 25.2 Å². The molecular weight excluding hydrogens is 263 g/mol. The minimum atomic E-state index is -4.22. The van der Waals surface area contributed by atoms with Crippen LogP contribution in [0.3, 0.4) is 0 Å². The van der Waals surface area contributed by atoms with E-state index < -0.39 is 5.51 Å². The maximum absolute atomic E-state index is 12.1. The first-order valence-corrected chi connectivity index (χ1v) is 6.37. The molecule has 1 aromatic rings. The Morgan fingerprint density at radius 3 is 2.44 bits per heavy atom. The molecule has 102 valence electrons. The van der Waals surface area contributed by atoms with Crippen molar-refractivity contribution in [3.8, 4) is 0 Å². The first kappa shape index (κ1) is 15.3. The van der Waals surface area contributed by atoms with Crippen molar-refractivity contribution < 1.29 is 17.9 Å². The molecule has 0 aliphatic heterocycles. The Hall–Kier alpha value is -0.720. The van der Waals surface area contributed by atoms with E-state index in [9.17, 15) is 13.2 Å². The summed E-state index contributed by atoms with van der Waals surface area (Å²) in [5.41, 5.74) is -3.25. The van der Waals surface area contributed by atoms with Crippen molar-refractivity contribution in [3.63, 3.8) is 0 Å². The Morgan fingerprint density at radius 1 is 1.22 bits per heavy atom. The number of methoxy groups -OCH3 is 1.